The van der Waals surface area contributed by atoms with Crippen LogP contribution in [0.15, 0.2) is 48.5 Å². The van der Waals surface area contributed by atoms with E-state index in [1.165, 1.54) is 0 Å². The molecule has 1 aromatic heterocycles. The highest BCUT2D eigenvalue weighted by Crippen LogP contribution is 2.27. The van der Waals surface area contributed by atoms with Crippen LogP contribution < -0.4 is 14.8 Å². The molecule has 1 amide bonds. The third-order valence-corrected chi connectivity index (χ3v) is 4.67. The molecule has 0 aliphatic rings. The van der Waals surface area contributed by atoms with Gasteiger partial charge in [-0.15, -0.1) is 5.10 Å². The van der Waals surface area contributed by atoms with Gasteiger partial charge in [-0.1, -0.05) is 32.9 Å². The largest absolute Gasteiger partial charge is 0.497 e. The van der Waals surface area contributed by atoms with E-state index in [2.05, 4.69) is 15.4 Å². The summed E-state index contributed by atoms with van der Waals surface area (Å²) in [4.78, 5) is 16.8. The first-order valence-electron chi connectivity index (χ1n) is 11.0. The third kappa shape index (κ3) is 7.05. The lowest BCUT2D eigenvalue weighted by Gasteiger charge is -2.17. The van der Waals surface area contributed by atoms with Crippen molar-refractivity contribution in [1.82, 2.24) is 14.8 Å². The minimum Gasteiger partial charge on any atom is -0.497 e. The number of amides is 1. The molecule has 0 atom stereocenters. The number of anilines is 1. The zero-order valence-corrected chi connectivity index (χ0v) is 19.9. The van der Waals surface area contributed by atoms with Crippen molar-refractivity contribution in [2.75, 3.05) is 32.2 Å². The molecular formula is C25H32N4O4. The van der Waals surface area contributed by atoms with Crippen LogP contribution in [0.2, 0.25) is 0 Å². The molecule has 0 saturated carbocycles. The van der Waals surface area contributed by atoms with Crippen molar-refractivity contribution in [2.45, 2.75) is 34.1 Å². The molecule has 3 rings (SSSR count). The highest BCUT2D eigenvalue weighted by atomic mass is 16.5. The zero-order valence-electron chi connectivity index (χ0n) is 19.9. The smallest absolute Gasteiger partial charge is 0.336 e. The van der Waals surface area contributed by atoms with E-state index in [0.29, 0.717) is 32.1 Å². The van der Waals surface area contributed by atoms with Gasteiger partial charge in [-0.3, -0.25) is 4.79 Å². The van der Waals surface area contributed by atoms with Gasteiger partial charge in [0.25, 0.3) is 0 Å². The van der Waals surface area contributed by atoms with E-state index in [1.807, 2.05) is 76.2 Å². The van der Waals surface area contributed by atoms with E-state index in [-0.39, 0.29) is 17.3 Å². The van der Waals surface area contributed by atoms with E-state index in [9.17, 15) is 4.79 Å². The predicted octanol–water partition coefficient (Wildman–Crippen LogP) is 4.73. The Labute approximate surface area is 194 Å². The molecule has 0 aliphatic heterocycles. The fraction of sp³-hybridized carbons (Fsp3) is 0.400. The van der Waals surface area contributed by atoms with Gasteiger partial charge in [-0.05, 0) is 48.7 Å². The Kier molecular flexibility index (Phi) is 8.06. The second-order valence-corrected chi connectivity index (χ2v) is 8.74. The monoisotopic (exact) mass is 452 g/mol. The van der Waals surface area contributed by atoms with Gasteiger partial charge in [-0.25, -0.2) is 4.68 Å². The van der Waals surface area contributed by atoms with Crippen LogP contribution in [0.1, 0.15) is 34.1 Å². The molecule has 2 aromatic carbocycles. The van der Waals surface area contributed by atoms with Gasteiger partial charge in [0, 0.05) is 24.3 Å². The van der Waals surface area contributed by atoms with Crippen molar-refractivity contribution >= 4 is 11.6 Å². The number of ether oxygens (including phenoxy) is 3. The molecule has 3 aromatic rings. The van der Waals surface area contributed by atoms with Gasteiger partial charge in [0.05, 0.1) is 19.4 Å². The van der Waals surface area contributed by atoms with Gasteiger partial charge < -0.3 is 19.5 Å². The summed E-state index contributed by atoms with van der Waals surface area (Å²) < 4.78 is 18.1. The number of rotatable bonds is 10. The van der Waals surface area contributed by atoms with Crippen LogP contribution in [-0.2, 0) is 9.53 Å². The second-order valence-electron chi connectivity index (χ2n) is 8.74. The molecule has 1 heterocycles. The van der Waals surface area contributed by atoms with Gasteiger partial charge in [-0.2, -0.15) is 4.98 Å². The Morgan fingerprint density at radius 2 is 1.85 bits per heavy atom. The zero-order chi connectivity index (χ0) is 23.8. The van der Waals surface area contributed by atoms with E-state index < -0.39 is 0 Å². The van der Waals surface area contributed by atoms with Crippen LogP contribution in [0.25, 0.3) is 17.1 Å². The summed E-state index contributed by atoms with van der Waals surface area (Å²) >= 11 is 0. The molecule has 33 heavy (non-hydrogen) atoms. The number of hydrogen-bond donors (Lipinski definition) is 1. The van der Waals surface area contributed by atoms with Crippen molar-refractivity contribution in [2.24, 2.45) is 5.41 Å². The van der Waals surface area contributed by atoms with Crippen LogP contribution in [0.4, 0.5) is 5.69 Å². The lowest BCUT2D eigenvalue weighted by molar-refractivity contribution is -0.117. The molecule has 0 radical (unpaired) electrons. The lowest BCUT2D eigenvalue weighted by atomic mass is 9.92. The first-order valence-corrected chi connectivity index (χ1v) is 11.0. The number of methoxy groups -OCH3 is 1. The average Bonchev–Trinajstić information content (AvgIpc) is 3.20. The van der Waals surface area contributed by atoms with Crippen LogP contribution in [-0.4, -0.2) is 47.6 Å². The molecule has 0 unspecified atom stereocenters. The van der Waals surface area contributed by atoms with Crippen LogP contribution >= 0.6 is 0 Å². The van der Waals surface area contributed by atoms with Crippen LogP contribution in [0, 0.1) is 5.41 Å². The van der Waals surface area contributed by atoms with E-state index in [4.69, 9.17) is 14.2 Å². The highest BCUT2D eigenvalue weighted by molar-refractivity contribution is 5.91. The molecule has 0 saturated heterocycles. The van der Waals surface area contributed by atoms with Gasteiger partial charge in [0.2, 0.25) is 5.91 Å². The average molecular weight is 453 g/mol. The van der Waals surface area contributed by atoms with Crippen LogP contribution in [0.5, 0.6) is 11.8 Å². The van der Waals surface area contributed by atoms with E-state index in [0.717, 1.165) is 22.7 Å². The van der Waals surface area contributed by atoms with E-state index >= 15 is 0 Å². The summed E-state index contributed by atoms with van der Waals surface area (Å²) in [5.41, 5.74) is 2.27. The number of nitrogens with one attached hydrogen (secondary N) is 1. The second kappa shape index (κ2) is 11.0. The summed E-state index contributed by atoms with van der Waals surface area (Å²) in [5.74, 6) is 1.32. The summed E-state index contributed by atoms with van der Waals surface area (Å²) in [5, 5.41) is 7.49. The lowest BCUT2D eigenvalue weighted by Crippen LogP contribution is -2.19. The first kappa shape index (κ1) is 24.3. The summed E-state index contributed by atoms with van der Waals surface area (Å²) in [6.07, 6.45) is 0.445. The molecule has 0 aliphatic carbocycles. The number of benzene rings is 2. The molecule has 0 spiro atoms. The SMILES string of the molecule is CCOCCOc1nc(-c2cccc(OC)c2)n(-c2ccc(NC(=O)CC(C)(C)C)cc2)n1. The minimum absolute atomic E-state index is 0.0157. The fourth-order valence-electron chi connectivity index (χ4n) is 3.19. The number of carbonyl (C=O) groups is 1. The van der Waals surface area contributed by atoms with Crippen molar-refractivity contribution in [1.29, 1.82) is 0 Å². The summed E-state index contributed by atoms with van der Waals surface area (Å²) in [6, 6.07) is 15.3. The Morgan fingerprint density at radius 3 is 2.52 bits per heavy atom. The maximum Gasteiger partial charge on any atom is 0.336 e. The molecule has 8 nitrogen and oxygen atoms in total. The maximum atomic E-state index is 12.3. The van der Waals surface area contributed by atoms with Crippen molar-refractivity contribution in [3.8, 4) is 28.8 Å². The van der Waals surface area contributed by atoms with Crippen molar-refractivity contribution in [3.63, 3.8) is 0 Å². The molecule has 0 bridgehead atoms. The number of hydrogen-bond acceptors (Lipinski definition) is 6. The van der Waals surface area contributed by atoms with Gasteiger partial charge in [0.1, 0.15) is 12.4 Å². The highest BCUT2D eigenvalue weighted by Gasteiger charge is 2.17. The topological polar surface area (TPSA) is 87.5 Å². The molecular weight excluding hydrogens is 420 g/mol. The van der Waals surface area contributed by atoms with Crippen molar-refractivity contribution in [3.05, 3.63) is 48.5 Å². The Morgan fingerprint density at radius 1 is 1.09 bits per heavy atom. The molecule has 1 N–H and O–H groups in total. The molecule has 0 fully saturated rings. The number of nitrogens with zero attached hydrogens (tertiary/aromatic N) is 3. The third-order valence-electron chi connectivity index (χ3n) is 4.67. The van der Waals surface area contributed by atoms with Gasteiger partial charge >= 0.3 is 6.01 Å². The fourth-order valence-corrected chi connectivity index (χ4v) is 3.19. The number of carbonyl (C=O) groups excluding carboxylic acids is 1. The summed E-state index contributed by atoms with van der Waals surface area (Å²) in [7, 11) is 1.62. The normalized spacial score (nSPS) is 11.3. The van der Waals surface area contributed by atoms with Gasteiger partial charge in [0.15, 0.2) is 5.82 Å². The van der Waals surface area contributed by atoms with Crippen LogP contribution in [0.3, 0.4) is 0 Å². The minimum atomic E-state index is -0.0744. The first-order chi connectivity index (χ1) is 15.8. The Balaban J connectivity index is 1.86. The van der Waals surface area contributed by atoms with Crippen molar-refractivity contribution < 1.29 is 19.0 Å². The maximum absolute atomic E-state index is 12.3. The standard InChI is InChI=1S/C25H32N4O4/c1-6-32-14-15-33-24-27-23(18-8-7-9-21(16-18)31-5)29(28-24)20-12-10-19(11-13-20)26-22(30)17-25(2,3)4/h7-13,16H,6,14-15,17H2,1-5H3,(H,26,30). The summed E-state index contributed by atoms with van der Waals surface area (Å²) in [6.45, 7) is 9.48. The molecule has 8 heteroatoms. The quantitative estimate of drug-likeness (QED) is 0.447. The van der Waals surface area contributed by atoms with E-state index in [1.54, 1.807) is 11.8 Å². The predicted molar refractivity (Wildman–Crippen MR) is 128 cm³/mol. The molecule has 176 valence electrons. The number of aromatic nitrogens is 3. The Hall–Kier alpha value is -3.39. The Bertz CT molecular complexity index is 1060.